The topological polar surface area (TPSA) is 91.8 Å². The van der Waals surface area contributed by atoms with Crippen LogP contribution in [0.15, 0.2) is 48.2 Å². The number of rotatable bonds is 6. The van der Waals surface area contributed by atoms with E-state index in [2.05, 4.69) is 30.9 Å². The van der Waals surface area contributed by atoms with Gasteiger partial charge in [-0.1, -0.05) is 17.7 Å². The molecule has 0 atom stereocenters. The van der Waals surface area contributed by atoms with Crippen molar-refractivity contribution in [2.45, 2.75) is 6.42 Å². The molecule has 0 fully saturated rings. The average molecular weight is 431 g/mol. The summed E-state index contributed by atoms with van der Waals surface area (Å²) < 4.78 is 0. The maximum absolute atomic E-state index is 12.1. The van der Waals surface area contributed by atoms with E-state index in [0.29, 0.717) is 22.4 Å². The Labute approximate surface area is 173 Å². The molecule has 4 rings (SSSR count). The minimum Gasteiger partial charge on any atom is -0.369 e. The molecule has 0 aliphatic heterocycles. The number of hydrogen-bond acceptors (Lipinski definition) is 7. The first-order valence-electron chi connectivity index (χ1n) is 8.38. The number of thiazole rings is 1. The van der Waals surface area contributed by atoms with Crippen LogP contribution in [0, 0.1) is 0 Å². The first-order valence-corrected chi connectivity index (χ1v) is 10.4. The lowest BCUT2D eigenvalue weighted by Crippen LogP contribution is -2.19. The number of hydrogen-bond donors (Lipinski definition) is 3. The van der Waals surface area contributed by atoms with E-state index in [1.165, 1.54) is 11.3 Å². The fourth-order valence-corrected chi connectivity index (χ4v) is 4.27. The van der Waals surface area contributed by atoms with Crippen molar-refractivity contribution in [3.63, 3.8) is 0 Å². The van der Waals surface area contributed by atoms with Gasteiger partial charge in [0.05, 0.1) is 5.39 Å². The van der Waals surface area contributed by atoms with Crippen molar-refractivity contribution in [2.24, 2.45) is 0 Å². The minimum absolute atomic E-state index is 0.359. The summed E-state index contributed by atoms with van der Waals surface area (Å²) >= 11 is 8.94. The zero-order valence-corrected chi connectivity index (χ0v) is 16.9. The number of aromatic nitrogens is 3. The normalized spacial score (nSPS) is 10.8. The summed E-state index contributed by atoms with van der Waals surface area (Å²) in [6.07, 6.45) is 4.10. The van der Waals surface area contributed by atoms with E-state index < -0.39 is 0 Å². The molecule has 0 aliphatic carbocycles. The molecule has 28 heavy (non-hydrogen) atoms. The Balaban J connectivity index is 1.29. The molecule has 4 aromatic rings. The van der Waals surface area contributed by atoms with Crippen LogP contribution in [0.4, 0.5) is 21.4 Å². The van der Waals surface area contributed by atoms with Crippen molar-refractivity contribution in [2.75, 3.05) is 22.5 Å². The molecule has 0 saturated heterocycles. The number of carbonyl (C=O) groups is 1. The lowest BCUT2D eigenvalue weighted by molar-refractivity contribution is 0.262. The fraction of sp³-hybridized carbons (Fsp3) is 0.111. The van der Waals surface area contributed by atoms with Crippen molar-refractivity contribution >= 4 is 67.2 Å². The highest BCUT2D eigenvalue weighted by Gasteiger charge is 2.08. The van der Waals surface area contributed by atoms with E-state index in [4.69, 9.17) is 11.6 Å². The monoisotopic (exact) mass is 430 g/mol. The van der Waals surface area contributed by atoms with Crippen LogP contribution in [0.3, 0.4) is 0 Å². The highest BCUT2D eigenvalue weighted by atomic mass is 35.5. The molecule has 0 spiro atoms. The largest absolute Gasteiger partial charge is 0.369 e. The van der Waals surface area contributed by atoms with E-state index in [1.807, 2.05) is 11.4 Å². The fourth-order valence-electron chi connectivity index (χ4n) is 2.54. The lowest BCUT2D eigenvalue weighted by Gasteiger charge is -2.05. The van der Waals surface area contributed by atoms with Gasteiger partial charge in [-0.3, -0.25) is 5.32 Å². The summed E-state index contributed by atoms with van der Waals surface area (Å²) in [5.74, 6) is 0.829. The second kappa shape index (κ2) is 8.51. The van der Waals surface area contributed by atoms with Crippen LogP contribution in [-0.4, -0.2) is 27.5 Å². The first kappa shape index (κ1) is 18.6. The summed E-state index contributed by atoms with van der Waals surface area (Å²) in [6.45, 7) is 0.707. The highest BCUT2D eigenvalue weighted by Crippen LogP contribution is 2.24. The van der Waals surface area contributed by atoms with Crippen LogP contribution < -0.4 is 16.0 Å². The van der Waals surface area contributed by atoms with Gasteiger partial charge in [0.1, 0.15) is 17.0 Å². The Kier molecular flexibility index (Phi) is 5.65. The molecule has 142 valence electrons. The molecule has 2 amide bonds. The van der Waals surface area contributed by atoms with Gasteiger partial charge in [0.15, 0.2) is 5.13 Å². The maximum atomic E-state index is 12.1. The summed E-state index contributed by atoms with van der Waals surface area (Å²) in [5.41, 5.74) is 0.621. The molecule has 10 heteroatoms. The first-order chi connectivity index (χ1) is 13.7. The van der Waals surface area contributed by atoms with E-state index in [1.54, 1.807) is 48.1 Å². The summed E-state index contributed by atoms with van der Waals surface area (Å²) in [7, 11) is 0. The molecule has 0 radical (unpaired) electrons. The average Bonchev–Trinajstić information content (AvgIpc) is 3.31. The van der Waals surface area contributed by atoms with E-state index in [0.717, 1.165) is 27.3 Å². The van der Waals surface area contributed by atoms with Gasteiger partial charge in [0.25, 0.3) is 0 Å². The van der Waals surface area contributed by atoms with Gasteiger partial charge in [0, 0.05) is 34.7 Å². The number of benzene rings is 1. The number of nitrogens with one attached hydrogen (secondary N) is 3. The Morgan fingerprint density at radius 2 is 2.07 bits per heavy atom. The minimum atomic E-state index is -0.359. The van der Waals surface area contributed by atoms with Gasteiger partial charge in [-0.15, -0.1) is 22.7 Å². The van der Waals surface area contributed by atoms with Crippen LogP contribution in [0.25, 0.3) is 10.2 Å². The molecule has 0 saturated carbocycles. The summed E-state index contributed by atoms with van der Waals surface area (Å²) in [6, 6.07) is 8.61. The van der Waals surface area contributed by atoms with Crippen LogP contribution in [0.1, 0.15) is 4.88 Å². The third kappa shape index (κ3) is 4.56. The zero-order chi connectivity index (χ0) is 19.3. The molecule has 0 bridgehead atoms. The lowest BCUT2D eigenvalue weighted by atomic mass is 10.3. The number of anilines is 3. The van der Waals surface area contributed by atoms with E-state index in [9.17, 15) is 4.79 Å². The third-order valence-corrected chi connectivity index (χ3v) is 5.81. The quantitative estimate of drug-likeness (QED) is 0.395. The number of thiophene rings is 1. The van der Waals surface area contributed by atoms with Crippen molar-refractivity contribution in [3.05, 3.63) is 58.1 Å². The number of halogens is 1. The standard InChI is InChI=1S/C18H15ClN6OS2/c19-11-2-1-3-12(8-11)24-17(26)25-18-21-9-13(28-18)4-6-20-15-14-5-7-27-16(14)23-10-22-15/h1-3,5,7-10H,4,6H2,(H,20,22,23)(H2,21,24,25,26). The molecule has 3 N–H and O–H groups in total. The van der Waals surface area contributed by atoms with Crippen LogP contribution in [-0.2, 0) is 6.42 Å². The van der Waals surface area contributed by atoms with Crippen LogP contribution in [0.5, 0.6) is 0 Å². The second-order valence-corrected chi connectivity index (χ2v) is 8.21. The predicted octanol–water partition coefficient (Wildman–Crippen LogP) is 5.10. The predicted molar refractivity (Wildman–Crippen MR) is 116 cm³/mol. The highest BCUT2D eigenvalue weighted by molar-refractivity contribution is 7.16. The number of urea groups is 1. The molecular formula is C18H15ClN6OS2. The number of fused-ring (bicyclic) bond motifs is 1. The van der Waals surface area contributed by atoms with Gasteiger partial charge in [-0.05, 0) is 29.6 Å². The smallest absolute Gasteiger partial charge is 0.325 e. The Bertz CT molecular complexity index is 1110. The zero-order valence-electron chi connectivity index (χ0n) is 14.5. The van der Waals surface area contributed by atoms with Gasteiger partial charge in [-0.25, -0.2) is 19.7 Å². The number of amides is 2. The molecule has 3 heterocycles. The molecule has 0 aliphatic rings. The van der Waals surface area contributed by atoms with Crippen LogP contribution in [0.2, 0.25) is 5.02 Å². The molecule has 0 unspecified atom stereocenters. The van der Waals surface area contributed by atoms with E-state index in [-0.39, 0.29) is 6.03 Å². The van der Waals surface area contributed by atoms with Gasteiger partial charge in [-0.2, -0.15) is 0 Å². The van der Waals surface area contributed by atoms with Crippen molar-refractivity contribution in [3.8, 4) is 0 Å². The third-order valence-electron chi connectivity index (χ3n) is 3.78. The van der Waals surface area contributed by atoms with Gasteiger partial charge < -0.3 is 10.6 Å². The van der Waals surface area contributed by atoms with Crippen LogP contribution >= 0.6 is 34.3 Å². The van der Waals surface area contributed by atoms with E-state index >= 15 is 0 Å². The summed E-state index contributed by atoms with van der Waals surface area (Å²) in [4.78, 5) is 26.9. The molecule has 1 aromatic carbocycles. The maximum Gasteiger partial charge on any atom is 0.325 e. The molecule has 7 nitrogen and oxygen atoms in total. The summed E-state index contributed by atoms with van der Waals surface area (Å²) in [5, 5.41) is 12.9. The van der Waals surface area contributed by atoms with Gasteiger partial charge >= 0.3 is 6.03 Å². The Morgan fingerprint density at radius 3 is 2.96 bits per heavy atom. The van der Waals surface area contributed by atoms with Crippen molar-refractivity contribution in [1.82, 2.24) is 15.0 Å². The van der Waals surface area contributed by atoms with Gasteiger partial charge in [0.2, 0.25) is 0 Å². The second-order valence-electron chi connectivity index (χ2n) is 5.76. The Hall–Kier alpha value is -2.75. The number of nitrogens with zero attached hydrogens (tertiary/aromatic N) is 3. The van der Waals surface area contributed by atoms with Crippen molar-refractivity contribution < 1.29 is 4.79 Å². The SMILES string of the molecule is O=C(Nc1cccc(Cl)c1)Nc1ncc(CCNc2ncnc3sccc23)s1. The molecular weight excluding hydrogens is 416 g/mol. The molecule has 3 aromatic heterocycles. The van der Waals surface area contributed by atoms with Crippen molar-refractivity contribution in [1.29, 1.82) is 0 Å². The Morgan fingerprint density at radius 1 is 1.14 bits per heavy atom. The number of carbonyl (C=O) groups excluding carboxylic acids is 1.